The topological polar surface area (TPSA) is 55.6 Å². The smallest absolute Gasteiger partial charge is 0.265 e. The predicted molar refractivity (Wildman–Crippen MR) is 87.4 cm³/mol. The van der Waals surface area contributed by atoms with E-state index in [9.17, 15) is 4.79 Å². The van der Waals surface area contributed by atoms with E-state index < -0.39 is 0 Å². The second kappa shape index (κ2) is 8.09. The lowest BCUT2D eigenvalue weighted by atomic mass is 10.2. The lowest BCUT2D eigenvalue weighted by Gasteiger charge is -2.15. The summed E-state index contributed by atoms with van der Waals surface area (Å²) in [5, 5.41) is 1.09. The first-order valence-electron chi connectivity index (χ1n) is 6.16. The van der Waals surface area contributed by atoms with Crippen LogP contribution in [0.5, 0.6) is 5.75 Å². The van der Waals surface area contributed by atoms with Gasteiger partial charge in [-0.05, 0) is 23.8 Å². The Morgan fingerprint density at radius 3 is 2.52 bits per heavy atom. The number of benzene rings is 2. The number of hydrogen-bond acceptors (Lipinski definition) is 3. The summed E-state index contributed by atoms with van der Waals surface area (Å²) in [5.41, 5.74) is 1.52. The molecule has 0 spiro atoms. The van der Waals surface area contributed by atoms with Gasteiger partial charge in [0.1, 0.15) is 5.75 Å². The van der Waals surface area contributed by atoms with E-state index in [0.29, 0.717) is 11.4 Å². The average molecular weight is 305 g/mol. The summed E-state index contributed by atoms with van der Waals surface area (Å²) < 4.78 is 5.10. The minimum atomic E-state index is -0.304. The Morgan fingerprint density at radius 2 is 1.86 bits per heavy atom. The Balaban J connectivity index is 0.00000220. The first-order valence-corrected chi connectivity index (χ1v) is 6.16. The minimum Gasteiger partial charge on any atom is -0.497 e. The van der Waals surface area contributed by atoms with Crippen LogP contribution in [0, 0.1) is 0 Å². The SMILES string of the molecule is COc1cccc(N(N)C(=O)C=Cc2ccccc2)c1.Cl. The molecule has 0 saturated heterocycles. The quantitative estimate of drug-likeness (QED) is 0.409. The molecule has 0 bridgehead atoms. The second-order valence-corrected chi connectivity index (χ2v) is 4.15. The number of halogens is 1. The van der Waals surface area contributed by atoms with E-state index in [1.165, 1.54) is 6.08 Å². The molecule has 2 aromatic rings. The summed E-state index contributed by atoms with van der Waals surface area (Å²) in [6.07, 6.45) is 3.16. The van der Waals surface area contributed by atoms with Crippen molar-refractivity contribution in [3.8, 4) is 5.75 Å². The zero-order chi connectivity index (χ0) is 14.4. The van der Waals surface area contributed by atoms with Gasteiger partial charge in [-0.25, -0.2) is 10.9 Å². The van der Waals surface area contributed by atoms with Crippen LogP contribution in [0.25, 0.3) is 6.08 Å². The maximum atomic E-state index is 12.0. The number of carbonyl (C=O) groups is 1. The van der Waals surface area contributed by atoms with Crippen molar-refractivity contribution in [1.82, 2.24) is 0 Å². The number of methoxy groups -OCH3 is 1. The van der Waals surface area contributed by atoms with Crippen molar-refractivity contribution in [2.45, 2.75) is 0 Å². The van der Waals surface area contributed by atoms with Crippen LogP contribution in [-0.2, 0) is 4.79 Å². The normalized spacial score (nSPS) is 10.0. The Bertz CT molecular complexity index is 615. The Morgan fingerprint density at radius 1 is 1.14 bits per heavy atom. The highest BCUT2D eigenvalue weighted by atomic mass is 35.5. The van der Waals surface area contributed by atoms with Gasteiger partial charge in [0.25, 0.3) is 5.91 Å². The molecule has 0 aliphatic rings. The molecule has 0 aliphatic carbocycles. The molecule has 0 fully saturated rings. The van der Waals surface area contributed by atoms with Crippen LogP contribution in [0.3, 0.4) is 0 Å². The number of ether oxygens (including phenoxy) is 1. The van der Waals surface area contributed by atoms with E-state index in [1.807, 2.05) is 30.3 Å². The largest absolute Gasteiger partial charge is 0.497 e. The van der Waals surface area contributed by atoms with Gasteiger partial charge >= 0.3 is 0 Å². The van der Waals surface area contributed by atoms with Crippen LogP contribution in [0.1, 0.15) is 5.56 Å². The van der Waals surface area contributed by atoms with Gasteiger partial charge in [0.2, 0.25) is 0 Å². The van der Waals surface area contributed by atoms with Gasteiger partial charge in [-0.2, -0.15) is 0 Å². The van der Waals surface area contributed by atoms with Crippen LogP contribution in [0.4, 0.5) is 5.69 Å². The third-order valence-corrected chi connectivity index (χ3v) is 2.79. The zero-order valence-electron chi connectivity index (χ0n) is 11.6. The molecule has 5 heteroatoms. The molecule has 21 heavy (non-hydrogen) atoms. The fourth-order valence-corrected chi connectivity index (χ4v) is 1.70. The maximum Gasteiger partial charge on any atom is 0.265 e. The number of nitrogens with two attached hydrogens (primary N) is 1. The standard InChI is InChI=1S/C16H16N2O2.ClH/c1-20-15-9-5-8-14(12-15)18(17)16(19)11-10-13-6-3-2-4-7-13;/h2-12H,17H2,1H3;1H. The van der Waals surface area contributed by atoms with Gasteiger partial charge in [-0.15, -0.1) is 12.4 Å². The van der Waals surface area contributed by atoms with Crippen LogP contribution < -0.4 is 15.6 Å². The molecule has 1 amide bonds. The Hall–Kier alpha value is -2.30. The molecular formula is C16H17ClN2O2. The van der Waals surface area contributed by atoms with Crippen molar-refractivity contribution in [2.75, 3.05) is 12.1 Å². The zero-order valence-corrected chi connectivity index (χ0v) is 12.4. The van der Waals surface area contributed by atoms with E-state index in [0.717, 1.165) is 10.6 Å². The van der Waals surface area contributed by atoms with Gasteiger partial charge in [0, 0.05) is 12.1 Å². The fourth-order valence-electron chi connectivity index (χ4n) is 1.70. The molecule has 2 rings (SSSR count). The number of anilines is 1. The molecular weight excluding hydrogens is 288 g/mol. The molecule has 0 radical (unpaired) electrons. The minimum absolute atomic E-state index is 0. The predicted octanol–water partition coefficient (Wildman–Crippen LogP) is 3.04. The van der Waals surface area contributed by atoms with Crippen molar-refractivity contribution in [1.29, 1.82) is 0 Å². The Kier molecular flexibility index (Phi) is 6.46. The molecule has 0 saturated carbocycles. The van der Waals surface area contributed by atoms with Crippen LogP contribution in [0.15, 0.2) is 60.7 Å². The monoisotopic (exact) mass is 304 g/mol. The highest BCUT2D eigenvalue weighted by Crippen LogP contribution is 2.19. The number of nitrogens with zero attached hydrogens (tertiary/aromatic N) is 1. The summed E-state index contributed by atoms with van der Waals surface area (Å²) in [6, 6.07) is 16.6. The van der Waals surface area contributed by atoms with Crippen molar-refractivity contribution >= 4 is 30.1 Å². The van der Waals surface area contributed by atoms with E-state index in [2.05, 4.69) is 0 Å². The molecule has 0 heterocycles. The number of hydrogen-bond donors (Lipinski definition) is 1. The highest BCUT2D eigenvalue weighted by molar-refractivity contribution is 6.03. The first kappa shape index (κ1) is 16.8. The summed E-state index contributed by atoms with van der Waals surface area (Å²) in [6.45, 7) is 0. The Labute approximate surface area is 130 Å². The lowest BCUT2D eigenvalue weighted by molar-refractivity contribution is -0.114. The van der Waals surface area contributed by atoms with Crippen LogP contribution in [0.2, 0.25) is 0 Å². The van der Waals surface area contributed by atoms with E-state index >= 15 is 0 Å². The molecule has 2 N–H and O–H groups in total. The molecule has 0 aliphatic heterocycles. The third kappa shape index (κ3) is 4.63. The fraction of sp³-hybridized carbons (Fsp3) is 0.0625. The van der Waals surface area contributed by atoms with Gasteiger partial charge < -0.3 is 4.74 Å². The average Bonchev–Trinajstić information content (AvgIpc) is 2.53. The summed E-state index contributed by atoms with van der Waals surface area (Å²) in [4.78, 5) is 12.0. The number of amides is 1. The van der Waals surface area contributed by atoms with Crippen molar-refractivity contribution < 1.29 is 9.53 Å². The van der Waals surface area contributed by atoms with Gasteiger partial charge in [-0.1, -0.05) is 36.4 Å². The van der Waals surface area contributed by atoms with Gasteiger partial charge in [-0.3, -0.25) is 4.79 Å². The third-order valence-electron chi connectivity index (χ3n) is 2.79. The number of carbonyl (C=O) groups excluding carboxylic acids is 1. The summed E-state index contributed by atoms with van der Waals surface area (Å²) >= 11 is 0. The summed E-state index contributed by atoms with van der Waals surface area (Å²) in [5.74, 6) is 6.15. The van der Waals surface area contributed by atoms with E-state index in [1.54, 1.807) is 37.5 Å². The molecule has 0 unspecified atom stereocenters. The highest BCUT2D eigenvalue weighted by Gasteiger charge is 2.09. The second-order valence-electron chi connectivity index (χ2n) is 4.15. The van der Waals surface area contributed by atoms with Crippen LogP contribution >= 0.6 is 12.4 Å². The molecule has 0 aromatic heterocycles. The molecule has 110 valence electrons. The maximum absolute atomic E-state index is 12.0. The van der Waals surface area contributed by atoms with Gasteiger partial charge in [0.05, 0.1) is 12.8 Å². The number of hydrazine groups is 1. The summed E-state index contributed by atoms with van der Waals surface area (Å²) in [7, 11) is 1.57. The van der Waals surface area contributed by atoms with E-state index in [-0.39, 0.29) is 18.3 Å². The number of rotatable bonds is 4. The molecule has 4 nitrogen and oxygen atoms in total. The van der Waals surface area contributed by atoms with Crippen molar-refractivity contribution in [3.63, 3.8) is 0 Å². The van der Waals surface area contributed by atoms with Crippen molar-refractivity contribution in [2.24, 2.45) is 5.84 Å². The molecule has 0 atom stereocenters. The van der Waals surface area contributed by atoms with Gasteiger partial charge in [0.15, 0.2) is 0 Å². The lowest BCUT2D eigenvalue weighted by Crippen LogP contribution is -2.36. The first-order chi connectivity index (χ1) is 9.70. The van der Waals surface area contributed by atoms with Crippen molar-refractivity contribution in [3.05, 3.63) is 66.2 Å². The molecule has 2 aromatic carbocycles. The van der Waals surface area contributed by atoms with Crippen LogP contribution in [-0.4, -0.2) is 13.0 Å². The van der Waals surface area contributed by atoms with E-state index in [4.69, 9.17) is 10.6 Å².